The fourth-order valence-electron chi connectivity index (χ4n) is 2.30. The molecule has 0 amide bonds. The van der Waals surface area contributed by atoms with Gasteiger partial charge in [0, 0.05) is 18.0 Å². The molecule has 3 aromatic rings. The van der Waals surface area contributed by atoms with E-state index in [1.165, 1.54) is 6.07 Å². The zero-order chi connectivity index (χ0) is 14.8. The molecule has 0 fully saturated rings. The molecule has 1 heterocycles. The lowest BCUT2D eigenvalue weighted by atomic mass is 10.00. The van der Waals surface area contributed by atoms with Gasteiger partial charge in [-0.25, -0.2) is 8.78 Å². The molecular weight excluding hydrogens is 272 g/mol. The molecular formula is C17H13F2NO. The first-order chi connectivity index (χ1) is 10.1. The molecule has 21 heavy (non-hydrogen) atoms. The summed E-state index contributed by atoms with van der Waals surface area (Å²) >= 11 is 0. The van der Waals surface area contributed by atoms with Gasteiger partial charge >= 0.3 is 0 Å². The smallest absolute Gasteiger partial charge is 0.159 e. The zero-order valence-corrected chi connectivity index (χ0v) is 11.1. The van der Waals surface area contributed by atoms with Gasteiger partial charge in [0.05, 0.1) is 11.6 Å². The molecule has 1 unspecified atom stereocenters. The highest BCUT2D eigenvalue weighted by Crippen LogP contribution is 2.22. The van der Waals surface area contributed by atoms with Gasteiger partial charge in [-0.3, -0.25) is 4.98 Å². The van der Waals surface area contributed by atoms with Gasteiger partial charge in [0.2, 0.25) is 0 Å². The number of hydrogen-bond acceptors (Lipinski definition) is 2. The number of aromatic nitrogens is 1. The van der Waals surface area contributed by atoms with E-state index in [4.69, 9.17) is 0 Å². The van der Waals surface area contributed by atoms with Crippen molar-refractivity contribution in [3.05, 3.63) is 77.5 Å². The van der Waals surface area contributed by atoms with Gasteiger partial charge in [-0.15, -0.1) is 0 Å². The summed E-state index contributed by atoms with van der Waals surface area (Å²) in [6, 6.07) is 12.9. The van der Waals surface area contributed by atoms with Crippen molar-refractivity contribution in [2.75, 3.05) is 0 Å². The molecule has 1 N–H and O–H groups in total. The molecule has 0 bridgehead atoms. The Morgan fingerprint density at radius 2 is 1.86 bits per heavy atom. The van der Waals surface area contributed by atoms with Crippen LogP contribution < -0.4 is 0 Å². The summed E-state index contributed by atoms with van der Waals surface area (Å²) in [4.78, 5) is 4.24. The molecule has 0 aliphatic rings. The number of aliphatic hydroxyl groups is 1. The van der Waals surface area contributed by atoms with Crippen LogP contribution in [0.3, 0.4) is 0 Å². The van der Waals surface area contributed by atoms with Gasteiger partial charge in [0.1, 0.15) is 0 Å². The minimum Gasteiger partial charge on any atom is -0.388 e. The maximum atomic E-state index is 13.2. The van der Waals surface area contributed by atoms with Gasteiger partial charge < -0.3 is 5.11 Å². The van der Waals surface area contributed by atoms with E-state index >= 15 is 0 Å². The Hall–Kier alpha value is -2.33. The number of aliphatic hydroxyl groups excluding tert-OH is 1. The van der Waals surface area contributed by atoms with E-state index in [9.17, 15) is 13.9 Å². The molecule has 0 radical (unpaired) electrons. The second-order valence-corrected chi connectivity index (χ2v) is 4.92. The van der Waals surface area contributed by atoms with Gasteiger partial charge in [0.15, 0.2) is 11.6 Å². The Morgan fingerprint density at radius 1 is 1.00 bits per heavy atom. The van der Waals surface area contributed by atoms with Crippen LogP contribution in [0.25, 0.3) is 10.9 Å². The molecule has 0 aliphatic heterocycles. The highest BCUT2D eigenvalue weighted by molar-refractivity contribution is 5.78. The minimum absolute atomic E-state index is 0.218. The average molecular weight is 285 g/mol. The third kappa shape index (κ3) is 2.90. The summed E-state index contributed by atoms with van der Waals surface area (Å²) in [6.07, 6.45) is 1.12. The minimum atomic E-state index is -0.903. The maximum Gasteiger partial charge on any atom is 0.159 e. The average Bonchev–Trinajstić information content (AvgIpc) is 2.50. The summed E-state index contributed by atoms with van der Waals surface area (Å²) in [5.74, 6) is -1.79. The predicted octanol–water partition coefficient (Wildman–Crippen LogP) is 3.79. The zero-order valence-electron chi connectivity index (χ0n) is 11.1. The summed E-state index contributed by atoms with van der Waals surface area (Å²) in [5.41, 5.74) is 2.03. The third-order valence-corrected chi connectivity index (χ3v) is 3.43. The molecule has 0 aliphatic carbocycles. The van der Waals surface area contributed by atoms with Crippen LogP contribution in [0, 0.1) is 11.6 Å². The van der Waals surface area contributed by atoms with Crippen molar-refractivity contribution in [2.45, 2.75) is 12.5 Å². The normalized spacial score (nSPS) is 12.5. The Kier molecular flexibility index (Phi) is 3.62. The fraction of sp³-hybridized carbons (Fsp3) is 0.118. The number of pyridine rings is 1. The second kappa shape index (κ2) is 5.58. The van der Waals surface area contributed by atoms with Crippen molar-refractivity contribution in [2.24, 2.45) is 0 Å². The number of benzene rings is 2. The highest BCUT2D eigenvalue weighted by atomic mass is 19.2. The molecule has 0 saturated heterocycles. The van der Waals surface area contributed by atoms with Crippen molar-refractivity contribution < 1.29 is 13.9 Å². The number of fused-ring (bicyclic) bond motifs is 1. The van der Waals surface area contributed by atoms with E-state index < -0.39 is 17.7 Å². The van der Waals surface area contributed by atoms with Gasteiger partial charge in [-0.05, 0) is 35.4 Å². The van der Waals surface area contributed by atoms with Gasteiger partial charge in [-0.1, -0.05) is 24.3 Å². The number of halogens is 2. The van der Waals surface area contributed by atoms with Crippen LogP contribution in [-0.4, -0.2) is 10.1 Å². The van der Waals surface area contributed by atoms with Crippen molar-refractivity contribution in [3.8, 4) is 0 Å². The Bertz CT molecular complexity index is 789. The number of hydrogen-bond donors (Lipinski definition) is 1. The standard InChI is InChI=1S/C17H13F2NO/c18-14-6-3-11(8-15(14)19)9-17(21)13-5-4-12-2-1-7-20-16(12)10-13/h1-8,10,17,21H,9H2. The summed E-state index contributed by atoms with van der Waals surface area (Å²) < 4.78 is 26.1. The Morgan fingerprint density at radius 3 is 2.67 bits per heavy atom. The van der Waals surface area contributed by atoms with E-state index in [1.807, 2.05) is 24.3 Å². The van der Waals surface area contributed by atoms with Crippen molar-refractivity contribution in [1.82, 2.24) is 4.98 Å². The van der Waals surface area contributed by atoms with Crippen molar-refractivity contribution in [3.63, 3.8) is 0 Å². The first-order valence-corrected chi connectivity index (χ1v) is 6.60. The van der Waals surface area contributed by atoms with Crippen LogP contribution in [0.4, 0.5) is 8.78 Å². The maximum absolute atomic E-state index is 13.2. The third-order valence-electron chi connectivity index (χ3n) is 3.43. The number of rotatable bonds is 3. The van der Waals surface area contributed by atoms with Crippen molar-refractivity contribution >= 4 is 10.9 Å². The van der Waals surface area contributed by atoms with Crippen LogP contribution in [-0.2, 0) is 6.42 Å². The van der Waals surface area contributed by atoms with E-state index in [0.29, 0.717) is 11.1 Å². The molecule has 0 saturated carbocycles. The second-order valence-electron chi connectivity index (χ2n) is 4.92. The molecule has 3 rings (SSSR count). The topological polar surface area (TPSA) is 33.1 Å². The van der Waals surface area contributed by atoms with E-state index in [2.05, 4.69) is 4.98 Å². The monoisotopic (exact) mass is 285 g/mol. The van der Waals surface area contributed by atoms with Crippen LogP contribution in [0.1, 0.15) is 17.2 Å². The summed E-state index contributed by atoms with van der Waals surface area (Å²) in [7, 11) is 0. The van der Waals surface area contributed by atoms with Gasteiger partial charge in [-0.2, -0.15) is 0 Å². The van der Waals surface area contributed by atoms with E-state index in [1.54, 1.807) is 12.3 Å². The van der Waals surface area contributed by atoms with Crippen LogP contribution in [0.2, 0.25) is 0 Å². The molecule has 1 aromatic heterocycles. The number of nitrogens with zero attached hydrogens (tertiary/aromatic N) is 1. The lowest BCUT2D eigenvalue weighted by Gasteiger charge is -2.12. The Balaban J connectivity index is 1.85. The summed E-state index contributed by atoms with van der Waals surface area (Å²) in [6.45, 7) is 0. The summed E-state index contributed by atoms with van der Waals surface area (Å²) in [5, 5.41) is 11.2. The van der Waals surface area contributed by atoms with Crippen molar-refractivity contribution in [1.29, 1.82) is 0 Å². The molecule has 0 spiro atoms. The molecule has 2 nitrogen and oxygen atoms in total. The van der Waals surface area contributed by atoms with Crippen LogP contribution in [0.5, 0.6) is 0 Å². The lowest BCUT2D eigenvalue weighted by Crippen LogP contribution is -2.02. The van der Waals surface area contributed by atoms with E-state index in [-0.39, 0.29) is 6.42 Å². The van der Waals surface area contributed by atoms with Gasteiger partial charge in [0.25, 0.3) is 0 Å². The SMILES string of the molecule is OC(Cc1ccc(F)c(F)c1)c1ccc2cccnc2c1. The predicted molar refractivity (Wildman–Crippen MR) is 76.8 cm³/mol. The highest BCUT2D eigenvalue weighted by Gasteiger charge is 2.11. The molecule has 4 heteroatoms. The Labute approximate surface area is 120 Å². The molecule has 106 valence electrons. The first kappa shape index (κ1) is 13.6. The fourth-order valence-corrected chi connectivity index (χ4v) is 2.30. The van der Waals surface area contributed by atoms with E-state index in [0.717, 1.165) is 23.0 Å². The largest absolute Gasteiger partial charge is 0.388 e. The molecule has 1 atom stereocenters. The quantitative estimate of drug-likeness (QED) is 0.794. The lowest BCUT2D eigenvalue weighted by molar-refractivity contribution is 0.178. The first-order valence-electron chi connectivity index (χ1n) is 6.60. The molecule has 2 aromatic carbocycles. The van der Waals surface area contributed by atoms with Crippen LogP contribution in [0.15, 0.2) is 54.7 Å². The van der Waals surface area contributed by atoms with Crippen LogP contribution >= 0.6 is 0 Å².